The van der Waals surface area contributed by atoms with E-state index in [0.29, 0.717) is 91.6 Å². The number of aliphatic hydroxyl groups is 4. The quantitative estimate of drug-likeness (QED) is 0.0191. The van der Waals surface area contributed by atoms with Crippen molar-refractivity contribution in [1.29, 1.82) is 0 Å². The van der Waals surface area contributed by atoms with Crippen LogP contribution in [0.25, 0.3) is 0 Å². The lowest BCUT2D eigenvalue weighted by Gasteiger charge is -2.30. The Kier molecular flexibility index (Phi) is 66.1. The van der Waals surface area contributed by atoms with Crippen LogP contribution in [0.3, 0.4) is 0 Å². The van der Waals surface area contributed by atoms with Crippen molar-refractivity contribution in [3.8, 4) is 0 Å². The van der Waals surface area contributed by atoms with Gasteiger partial charge in [-0.2, -0.15) is 0 Å². The number of esters is 4. The lowest BCUT2D eigenvalue weighted by atomic mass is 10.2. The van der Waals surface area contributed by atoms with Gasteiger partial charge in [0.1, 0.15) is 0 Å². The Bertz CT molecular complexity index is 1520. The zero-order valence-corrected chi connectivity index (χ0v) is 62.1. The SMILES string of the molecule is CCCCCCOC(C)OCCCCCCOC(=O)C(O)CN(CCN(C)CCN(CC(O)C(=O)OCCCCCCOC(C)OCCCCCC)CC(O)C(=O)OCCCCCCOC(C)OCCCCCC)CC(O)C(=O)OCCCCCCOC(C)OCCCCCC. The fraction of sp³-hybridized carbons (Fsp3) is 0.945. The Hall–Kier alpha value is -2.72. The highest BCUT2D eigenvalue weighted by Crippen LogP contribution is 2.13. The van der Waals surface area contributed by atoms with E-state index in [2.05, 4.69) is 27.7 Å². The maximum atomic E-state index is 13.1. The molecule has 0 saturated heterocycles. The first-order valence-corrected chi connectivity index (χ1v) is 37.9. The average Bonchev–Trinajstić information content (AvgIpc) is 1.52. The topological polar surface area (TPSA) is 270 Å². The molecule has 0 aromatic carbocycles. The normalized spacial score (nSPS) is 14.4. The molecule has 0 fully saturated rings. The van der Waals surface area contributed by atoms with Crippen molar-refractivity contribution >= 4 is 23.9 Å². The van der Waals surface area contributed by atoms with E-state index in [1.54, 1.807) is 16.8 Å². The monoisotopic (exact) mass is 1380 g/mol. The fourth-order valence-corrected chi connectivity index (χ4v) is 10.1. The van der Waals surface area contributed by atoms with E-state index in [4.69, 9.17) is 56.8 Å². The molecule has 8 atom stereocenters. The molecule has 0 bridgehead atoms. The van der Waals surface area contributed by atoms with Gasteiger partial charge in [0.05, 0.1) is 26.4 Å². The van der Waals surface area contributed by atoms with E-state index >= 15 is 0 Å². The second kappa shape index (κ2) is 68.1. The van der Waals surface area contributed by atoms with Gasteiger partial charge in [0.25, 0.3) is 0 Å². The third-order valence-corrected chi connectivity index (χ3v) is 16.4. The lowest BCUT2D eigenvalue weighted by molar-refractivity contribution is -0.158. The van der Waals surface area contributed by atoms with E-state index in [1.807, 2.05) is 32.6 Å². The summed E-state index contributed by atoms with van der Waals surface area (Å²) in [5.41, 5.74) is 0. The Balaban J connectivity index is 5.70. The number of carbonyl (C=O) groups is 4. The summed E-state index contributed by atoms with van der Waals surface area (Å²) < 4.78 is 67.9. The Labute approximate surface area is 581 Å². The summed E-state index contributed by atoms with van der Waals surface area (Å²) in [6.07, 6.45) is 23.0. The summed E-state index contributed by atoms with van der Waals surface area (Å²) in [5.74, 6) is -3.30. The summed E-state index contributed by atoms with van der Waals surface area (Å²) in [6.45, 7) is 21.6. The number of nitrogens with zero attached hydrogens (tertiary/aromatic N) is 3. The standard InChI is InChI=1S/C73H143N3O20/c1-10-14-18-30-46-85-62(5)89-50-34-22-26-38-54-93-70(81)66(77)58-75(59-67(78)71(82)94-55-39-27-23-35-51-90-63(6)86-47-31-19-15-11-2)44-42-74(9)43-45-76(60-68(79)72(83)95-56-40-28-24-36-52-91-64(7)87-48-32-20-16-12-3)61-69(80)73(84)96-57-41-29-25-37-53-92-65(8)88-49-33-21-17-13-4/h62-69,77-80H,10-61H2,1-9H3. The minimum absolute atomic E-state index is 0.110. The van der Waals surface area contributed by atoms with Crippen molar-refractivity contribution < 1.29 is 96.4 Å². The molecule has 96 heavy (non-hydrogen) atoms. The van der Waals surface area contributed by atoms with Crippen LogP contribution in [0.1, 0.15) is 261 Å². The van der Waals surface area contributed by atoms with Gasteiger partial charge in [-0.15, -0.1) is 0 Å². The van der Waals surface area contributed by atoms with Gasteiger partial charge in [-0.05, 0) is 137 Å². The number of rotatable bonds is 74. The van der Waals surface area contributed by atoms with Crippen LogP contribution < -0.4 is 0 Å². The maximum Gasteiger partial charge on any atom is 0.336 e. The first kappa shape index (κ1) is 93.3. The smallest absolute Gasteiger partial charge is 0.336 e. The van der Waals surface area contributed by atoms with Gasteiger partial charge in [0.2, 0.25) is 0 Å². The van der Waals surface area contributed by atoms with Crippen molar-refractivity contribution in [3.63, 3.8) is 0 Å². The molecule has 0 aromatic heterocycles. The molecule has 4 N–H and O–H groups in total. The molecule has 23 heteroatoms. The summed E-state index contributed by atoms with van der Waals surface area (Å²) in [7, 11) is 1.81. The fourth-order valence-electron chi connectivity index (χ4n) is 10.1. The minimum Gasteiger partial charge on any atom is -0.464 e. The number of hydrogen-bond donors (Lipinski definition) is 4. The molecule has 570 valence electrons. The molecular formula is C73H143N3O20. The highest BCUT2D eigenvalue weighted by atomic mass is 16.7. The molecule has 0 spiro atoms. The largest absolute Gasteiger partial charge is 0.464 e. The van der Waals surface area contributed by atoms with Crippen LogP contribution in [0.2, 0.25) is 0 Å². The molecule has 0 aliphatic carbocycles. The highest BCUT2D eigenvalue weighted by Gasteiger charge is 2.28. The van der Waals surface area contributed by atoms with Crippen molar-refractivity contribution in [3.05, 3.63) is 0 Å². The number of unbranched alkanes of at least 4 members (excludes halogenated alkanes) is 24. The third kappa shape index (κ3) is 60.1. The van der Waals surface area contributed by atoms with Crippen molar-refractivity contribution in [1.82, 2.24) is 14.7 Å². The van der Waals surface area contributed by atoms with E-state index < -0.39 is 48.3 Å². The molecule has 0 saturated carbocycles. The van der Waals surface area contributed by atoms with Crippen LogP contribution in [0.5, 0.6) is 0 Å². The molecule has 8 unspecified atom stereocenters. The molecule has 0 aliphatic heterocycles. The van der Waals surface area contributed by atoms with Gasteiger partial charge in [0, 0.05) is 105 Å². The van der Waals surface area contributed by atoms with Gasteiger partial charge >= 0.3 is 23.9 Å². The lowest BCUT2D eigenvalue weighted by Crippen LogP contribution is -2.48. The second-order valence-corrected chi connectivity index (χ2v) is 25.7. The second-order valence-electron chi connectivity index (χ2n) is 25.7. The van der Waals surface area contributed by atoms with Crippen molar-refractivity contribution in [2.75, 3.05) is 139 Å². The average molecular weight is 1380 g/mol. The van der Waals surface area contributed by atoms with E-state index in [0.717, 1.165) is 128 Å². The van der Waals surface area contributed by atoms with Crippen LogP contribution in [-0.4, -0.2) is 247 Å². The maximum absolute atomic E-state index is 13.1. The van der Waals surface area contributed by atoms with Gasteiger partial charge in [-0.25, -0.2) is 19.2 Å². The molecule has 0 rings (SSSR count). The highest BCUT2D eigenvalue weighted by molar-refractivity contribution is 5.76. The van der Waals surface area contributed by atoms with Gasteiger partial charge in [-0.3, -0.25) is 9.80 Å². The van der Waals surface area contributed by atoms with Crippen LogP contribution in [0.4, 0.5) is 0 Å². The number of carbonyl (C=O) groups excluding carboxylic acids is 4. The summed E-state index contributed by atoms with van der Waals surface area (Å²) in [6, 6.07) is 0. The Morgan fingerprint density at radius 1 is 0.260 bits per heavy atom. The molecule has 0 aliphatic rings. The third-order valence-electron chi connectivity index (χ3n) is 16.4. The Morgan fingerprint density at radius 3 is 0.604 bits per heavy atom. The number of aliphatic hydroxyl groups excluding tert-OH is 4. The van der Waals surface area contributed by atoms with Gasteiger partial charge < -0.3 is 82.2 Å². The van der Waals surface area contributed by atoms with Crippen LogP contribution in [-0.2, 0) is 76.0 Å². The van der Waals surface area contributed by atoms with E-state index in [9.17, 15) is 39.6 Å². The number of hydrogen-bond acceptors (Lipinski definition) is 23. The van der Waals surface area contributed by atoms with E-state index in [-0.39, 0.29) is 90.9 Å². The molecule has 0 radical (unpaired) electrons. The zero-order valence-electron chi connectivity index (χ0n) is 62.1. The van der Waals surface area contributed by atoms with Crippen LogP contribution >= 0.6 is 0 Å². The number of likely N-dealkylation sites (N-methyl/N-ethyl adjacent to an activating group) is 1. The minimum atomic E-state index is -1.59. The van der Waals surface area contributed by atoms with Gasteiger partial charge in [-0.1, -0.05) is 130 Å². The predicted octanol–water partition coefficient (Wildman–Crippen LogP) is 11.2. The summed E-state index contributed by atoms with van der Waals surface area (Å²) in [4.78, 5) is 57.7. The number of ether oxygens (including phenoxy) is 12. The van der Waals surface area contributed by atoms with Gasteiger partial charge in [0.15, 0.2) is 49.6 Å². The first-order chi connectivity index (χ1) is 46.5. The van der Waals surface area contributed by atoms with E-state index in [1.165, 1.54) is 51.4 Å². The van der Waals surface area contributed by atoms with Crippen molar-refractivity contribution in [2.45, 2.75) is 310 Å². The Morgan fingerprint density at radius 2 is 0.427 bits per heavy atom. The summed E-state index contributed by atoms with van der Waals surface area (Å²) >= 11 is 0. The van der Waals surface area contributed by atoms with Crippen LogP contribution in [0.15, 0.2) is 0 Å². The molecule has 0 aromatic rings. The molecule has 0 amide bonds. The molecular weight excluding hydrogens is 1240 g/mol. The molecule has 23 nitrogen and oxygen atoms in total. The summed E-state index contributed by atoms with van der Waals surface area (Å²) in [5, 5.41) is 44.6. The van der Waals surface area contributed by atoms with Crippen molar-refractivity contribution in [2.24, 2.45) is 0 Å². The predicted molar refractivity (Wildman–Crippen MR) is 374 cm³/mol. The van der Waals surface area contributed by atoms with Crippen LogP contribution in [0, 0.1) is 0 Å². The zero-order chi connectivity index (χ0) is 70.9. The molecule has 0 heterocycles. The first-order valence-electron chi connectivity index (χ1n) is 37.9.